The van der Waals surface area contributed by atoms with Crippen LogP contribution in [0.2, 0.25) is 0 Å². The van der Waals surface area contributed by atoms with E-state index in [4.69, 9.17) is 11.0 Å². The average molecular weight is 244 g/mol. The predicted molar refractivity (Wildman–Crippen MR) is 71.3 cm³/mol. The third kappa shape index (κ3) is 1.48. The van der Waals surface area contributed by atoms with Crippen LogP contribution in [0.3, 0.4) is 0 Å². The van der Waals surface area contributed by atoms with Crippen molar-refractivity contribution in [2.45, 2.75) is 0 Å². The zero-order valence-corrected chi connectivity index (χ0v) is 9.88. The highest BCUT2D eigenvalue weighted by Gasteiger charge is 2.24. The lowest BCUT2D eigenvalue weighted by atomic mass is 9.81. The number of rotatable bonds is 0. The monoisotopic (exact) mass is 244 g/mol. The Balaban J connectivity index is 2.43. The molecule has 3 rings (SSSR count). The number of nitriles is 2. The molecule has 0 saturated heterocycles. The van der Waals surface area contributed by atoms with E-state index in [9.17, 15) is 5.26 Å². The molecule has 1 aliphatic heterocycles. The van der Waals surface area contributed by atoms with E-state index in [1.165, 1.54) is 0 Å². The molecule has 0 unspecified atom stereocenters. The number of nitrogens with two attached hydrogens (primary N) is 1. The van der Waals surface area contributed by atoms with E-state index in [-0.39, 0.29) is 5.82 Å². The van der Waals surface area contributed by atoms with Gasteiger partial charge in [0.2, 0.25) is 0 Å². The van der Waals surface area contributed by atoms with E-state index in [2.05, 4.69) is 11.1 Å². The lowest BCUT2D eigenvalue weighted by Crippen LogP contribution is -1.97. The third-order valence-electron chi connectivity index (χ3n) is 3.16. The van der Waals surface area contributed by atoms with Crippen LogP contribution >= 0.6 is 0 Å². The zero-order valence-electron chi connectivity index (χ0n) is 9.88. The van der Waals surface area contributed by atoms with Crippen molar-refractivity contribution in [3.8, 4) is 34.4 Å². The lowest BCUT2D eigenvalue weighted by molar-refractivity contribution is 1.35. The Morgan fingerprint density at radius 3 is 2.42 bits per heavy atom. The molecule has 4 heteroatoms. The highest BCUT2D eigenvalue weighted by Crippen LogP contribution is 2.47. The number of aromatic nitrogens is 1. The molecule has 1 heterocycles. The Bertz CT molecular complexity index is 808. The van der Waals surface area contributed by atoms with Crippen LogP contribution in [0.15, 0.2) is 36.5 Å². The topological polar surface area (TPSA) is 86.5 Å². The molecule has 0 aromatic carbocycles. The minimum absolute atomic E-state index is 0.200. The maximum atomic E-state index is 9.18. The van der Waals surface area contributed by atoms with E-state index >= 15 is 0 Å². The first kappa shape index (κ1) is 11.0. The number of nitrogens with zero attached hydrogens (tertiary/aromatic N) is 3. The van der Waals surface area contributed by atoms with Gasteiger partial charge in [-0.1, -0.05) is 18.2 Å². The van der Waals surface area contributed by atoms with Crippen molar-refractivity contribution >= 4 is 5.82 Å². The maximum Gasteiger partial charge on any atom is 0.141 e. The standard InChI is InChI=1S/C15H8N4/c16-6-9-3-1-2-4-11-12-5-10(7-17)15(18)19-8-13(12)14(9)11/h1-5,8H,(H2,18,19). The summed E-state index contributed by atoms with van der Waals surface area (Å²) in [5.41, 5.74) is 10.2. The molecule has 0 bridgehead atoms. The summed E-state index contributed by atoms with van der Waals surface area (Å²) in [6.45, 7) is 0. The number of fused-ring (bicyclic) bond motifs is 4. The fourth-order valence-corrected chi connectivity index (χ4v) is 2.24. The SMILES string of the molecule is N#Cc1cc2c3ccccc(C#N)c-3c-2cnc1N. The van der Waals surface area contributed by atoms with Crippen LogP contribution in [0.4, 0.5) is 5.82 Å². The molecule has 0 spiro atoms. The number of anilines is 1. The first-order chi connectivity index (χ1) is 9.26. The van der Waals surface area contributed by atoms with Crippen LogP contribution in [-0.2, 0) is 0 Å². The van der Waals surface area contributed by atoms with Gasteiger partial charge >= 0.3 is 0 Å². The molecule has 88 valence electrons. The van der Waals surface area contributed by atoms with E-state index < -0.39 is 0 Å². The van der Waals surface area contributed by atoms with Crippen molar-refractivity contribution in [1.29, 1.82) is 10.5 Å². The summed E-state index contributed by atoms with van der Waals surface area (Å²) in [6, 6.07) is 13.3. The summed E-state index contributed by atoms with van der Waals surface area (Å²) in [4.78, 5) is 4.06. The van der Waals surface area contributed by atoms with Crippen molar-refractivity contribution in [3.63, 3.8) is 0 Å². The normalized spacial score (nSPS) is 10.2. The van der Waals surface area contributed by atoms with Gasteiger partial charge in [0.25, 0.3) is 0 Å². The summed E-state index contributed by atoms with van der Waals surface area (Å²) in [7, 11) is 0. The Labute approximate surface area is 110 Å². The van der Waals surface area contributed by atoms with Gasteiger partial charge in [-0.2, -0.15) is 10.5 Å². The minimum Gasteiger partial charge on any atom is -0.383 e. The number of nitrogen functional groups attached to an aromatic ring is 1. The summed E-state index contributed by atoms with van der Waals surface area (Å²) >= 11 is 0. The first-order valence-electron chi connectivity index (χ1n) is 5.66. The Morgan fingerprint density at radius 1 is 0.947 bits per heavy atom. The average Bonchev–Trinajstić information content (AvgIpc) is 2.67. The highest BCUT2D eigenvalue weighted by molar-refractivity contribution is 6.04. The van der Waals surface area contributed by atoms with Gasteiger partial charge < -0.3 is 5.73 Å². The maximum absolute atomic E-state index is 9.18. The third-order valence-corrected chi connectivity index (χ3v) is 3.16. The van der Waals surface area contributed by atoms with Gasteiger partial charge in [-0.05, 0) is 23.3 Å². The van der Waals surface area contributed by atoms with Crippen molar-refractivity contribution in [3.05, 3.63) is 47.7 Å². The fraction of sp³-hybridized carbons (Fsp3) is 0. The second-order valence-electron chi connectivity index (χ2n) is 4.17. The molecule has 2 aliphatic carbocycles. The molecular formula is C15H8N4. The number of hydrogen-bond acceptors (Lipinski definition) is 4. The van der Waals surface area contributed by atoms with Crippen LogP contribution < -0.4 is 5.73 Å². The molecule has 0 atom stereocenters. The quantitative estimate of drug-likeness (QED) is 0.658. The molecule has 19 heavy (non-hydrogen) atoms. The Kier molecular flexibility index (Phi) is 2.30. The molecule has 0 saturated carbocycles. The van der Waals surface area contributed by atoms with E-state index in [1.54, 1.807) is 18.3 Å². The molecule has 0 amide bonds. The second kappa shape index (κ2) is 3.97. The summed E-state index contributed by atoms with van der Waals surface area (Å²) in [6.07, 6.45) is 1.62. The van der Waals surface area contributed by atoms with E-state index in [0.29, 0.717) is 11.1 Å². The lowest BCUT2D eigenvalue weighted by Gasteiger charge is -2.20. The summed E-state index contributed by atoms with van der Waals surface area (Å²) in [5.74, 6) is 0.200. The highest BCUT2D eigenvalue weighted by atomic mass is 14.8. The molecule has 0 radical (unpaired) electrons. The van der Waals surface area contributed by atoms with Crippen LogP contribution in [0.25, 0.3) is 22.3 Å². The van der Waals surface area contributed by atoms with Gasteiger partial charge in [-0.25, -0.2) is 4.98 Å². The Hall–Kier alpha value is -3.11. The fourth-order valence-electron chi connectivity index (χ4n) is 2.24. The number of hydrogen-bond donors (Lipinski definition) is 1. The minimum atomic E-state index is 0.200. The molecule has 3 aliphatic rings. The first-order valence-corrected chi connectivity index (χ1v) is 5.66. The summed E-state index contributed by atoms with van der Waals surface area (Å²) < 4.78 is 0. The molecule has 0 aromatic heterocycles. The van der Waals surface area contributed by atoms with Crippen molar-refractivity contribution in [2.75, 3.05) is 5.73 Å². The van der Waals surface area contributed by atoms with Crippen LogP contribution in [0.5, 0.6) is 0 Å². The van der Waals surface area contributed by atoms with Gasteiger partial charge in [-0.15, -0.1) is 0 Å². The summed E-state index contributed by atoms with van der Waals surface area (Å²) in [5, 5.41) is 18.2. The van der Waals surface area contributed by atoms with Gasteiger partial charge in [-0.3, -0.25) is 0 Å². The zero-order chi connectivity index (χ0) is 13.4. The van der Waals surface area contributed by atoms with Gasteiger partial charge in [0.1, 0.15) is 11.9 Å². The molecule has 0 aromatic rings. The van der Waals surface area contributed by atoms with Crippen molar-refractivity contribution in [1.82, 2.24) is 4.98 Å². The Morgan fingerprint density at radius 2 is 1.68 bits per heavy atom. The van der Waals surface area contributed by atoms with Gasteiger partial charge in [0.15, 0.2) is 0 Å². The second-order valence-corrected chi connectivity index (χ2v) is 4.17. The van der Waals surface area contributed by atoms with Crippen LogP contribution in [-0.4, -0.2) is 4.98 Å². The van der Waals surface area contributed by atoms with Crippen molar-refractivity contribution < 1.29 is 0 Å². The van der Waals surface area contributed by atoms with Crippen LogP contribution in [0.1, 0.15) is 11.1 Å². The molecule has 0 fully saturated rings. The largest absolute Gasteiger partial charge is 0.383 e. The van der Waals surface area contributed by atoms with Crippen LogP contribution in [0, 0.1) is 22.7 Å². The molecule has 2 N–H and O–H groups in total. The smallest absolute Gasteiger partial charge is 0.141 e. The van der Waals surface area contributed by atoms with Gasteiger partial charge in [0.05, 0.1) is 17.2 Å². The molecule has 4 nitrogen and oxygen atoms in total. The molecular weight excluding hydrogens is 236 g/mol. The van der Waals surface area contributed by atoms with Gasteiger partial charge in [0, 0.05) is 17.3 Å². The van der Waals surface area contributed by atoms with E-state index in [0.717, 1.165) is 22.3 Å². The predicted octanol–water partition coefficient (Wildman–Crippen LogP) is 2.62. The van der Waals surface area contributed by atoms with E-state index in [1.807, 2.05) is 24.3 Å². The van der Waals surface area contributed by atoms with Crippen molar-refractivity contribution in [2.24, 2.45) is 0 Å².